The smallest absolute Gasteiger partial charge is 0.315 e. The fourth-order valence-electron chi connectivity index (χ4n) is 3.19. The maximum atomic E-state index is 12.1. The molecule has 1 aliphatic heterocycles. The molecule has 2 aromatic rings. The maximum Gasteiger partial charge on any atom is 0.315 e. The van der Waals surface area contributed by atoms with Crippen molar-refractivity contribution in [3.05, 3.63) is 63.6 Å². The Morgan fingerprint density at radius 2 is 1.81 bits per heavy atom. The van der Waals surface area contributed by atoms with Crippen molar-refractivity contribution in [3.8, 4) is 0 Å². The fourth-order valence-corrected chi connectivity index (χ4v) is 4.03. The SMILES string of the molecule is NS(=O)(=O)c1ccc(CNC(=O)NCC2CN(Cc3ccc(Cl)c(Cl)c3)CCO2)cc1. The second-order valence-corrected chi connectivity index (χ2v) is 9.60. The number of urea groups is 1. The lowest BCUT2D eigenvalue weighted by Gasteiger charge is -2.33. The van der Waals surface area contributed by atoms with E-state index in [1.807, 2.05) is 12.1 Å². The van der Waals surface area contributed by atoms with Gasteiger partial charge >= 0.3 is 6.03 Å². The van der Waals surface area contributed by atoms with Gasteiger partial charge in [0.1, 0.15) is 0 Å². The molecule has 3 rings (SSSR count). The van der Waals surface area contributed by atoms with Crippen molar-refractivity contribution < 1.29 is 17.9 Å². The Kier molecular flexibility index (Phi) is 8.15. The van der Waals surface area contributed by atoms with E-state index in [9.17, 15) is 13.2 Å². The molecular weight excluding hydrogens is 463 g/mol. The molecule has 1 heterocycles. The molecule has 0 radical (unpaired) electrons. The van der Waals surface area contributed by atoms with Crippen LogP contribution in [0.2, 0.25) is 10.0 Å². The summed E-state index contributed by atoms with van der Waals surface area (Å²) in [7, 11) is -3.73. The molecule has 11 heteroatoms. The zero-order valence-electron chi connectivity index (χ0n) is 16.7. The van der Waals surface area contributed by atoms with Crippen molar-refractivity contribution in [1.29, 1.82) is 0 Å². The van der Waals surface area contributed by atoms with Crippen LogP contribution in [0.1, 0.15) is 11.1 Å². The van der Waals surface area contributed by atoms with E-state index in [4.69, 9.17) is 33.1 Å². The molecule has 0 aliphatic carbocycles. The standard InChI is InChI=1S/C20H24Cl2N4O4S/c21-18-6-3-15(9-19(18)22)12-26-7-8-30-16(13-26)11-25-20(27)24-10-14-1-4-17(5-2-14)31(23,28)29/h1-6,9,16H,7-8,10-13H2,(H2,23,28,29)(H2,24,25,27). The summed E-state index contributed by atoms with van der Waals surface area (Å²) in [6.07, 6.45) is -0.128. The van der Waals surface area contributed by atoms with Gasteiger partial charge in [0, 0.05) is 32.7 Å². The monoisotopic (exact) mass is 486 g/mol. The van der Waals surface area contributed by atoms with E-state index in [1.165, 1.54) is 12.1 Å². The van der Waals surface area contributed by atoms with E-state index in [0.717, 1.165) is 24.2 Å². The number of morpholine rings is 1. The summed E-state index contributed by atoms with van der Waals surface area (Å²) in [5, 5.41) is 11.7. The first-order valence-corrected chi connectivity index (χ1v) is 11.9. The molecule has 1 unspecified atom stereocenters. The molecule has 31 heavy (non-hydrogen) atoms. The van der Waals surface area contributed by atoms with Crippen molar-refractivity contribution in [3.63, 3.8) is 0 Å². The van der Waals surface area contributed by atoms with Crippen LogP contribution in [-0.4, -0.2) is 51.7 Å². The van der Waals surface area contributed by atoms with Gasteiger partial charge in [-0.25, -0.2) is 18.4 Å². The van der Waals surface area contributed by atoms with Gasteiger partial charge in [-0.05, 0) is 35.4 Å². The van der Waals surface area contributed by atoms with Crippen molar-refractivity contribution in [1.82, 2.24) is 15.5 Å². The Morgan fingerprint density at radius 1 is 1.10 bits per heavy atom. The second kappa shape index (κ2) is 10.6. The predicted octanol–water partition coefficient (Wildman–Crippen LogP) is 2.34. The highest BCUT2D eigenvalue weighted by Gasteiger charge is 2.21. The van der Waals surface area contributed by atoms with Gasteiger partial charge < -0.3 is 15.4 Å². The molecule has 1 atom stereocenters. The number of hydrogen-bond donors (Lipinski definition) is 3. The summed E-state index contributed by atoms with van der Waals surface area (Å²) in [5.74, 6) is 0. The molecular formula is C20H24Cl2N4O4S. The average molecular weight is 487 g/mol. The highest BCUT2D eigenvalue weighted by Crippen LogP contribution is 2.23. The van der Waals surface area contributed by atoms with E-state index in [1.54, 1.807) is 18.2 Å². The van der Waals surface area contributed by atoms with Crippen molar-refractivity contribution in [2.24, 2.45) is 5.14 Å². The summed E-state index contributed by atoms with van der Waals surface area (Å²) in [6, 6.07) is 11.3. The summed E-state index contributed by atoms with van der Waals surface area (Å²) in [6.45, 7) is 3.38. The molecule has 0 aromatic heterocycles. The Balaban J connectivity index is 1.41. The summed E-state index contributed by atoms with van der Waals surface area (Å²) < 4.78 is 28.3. The van der Waals surface area contributed by atoms with Crippen LogP contribution in [0.3, 0.4) is 0 Å². The van der Waals surface area contributed by atoms with Gasteiger partial charge in [-0.2, -0.15) is 0 Å². The lowest BCUT2D eigenvalue weighted by molar-refractivity contribution is -0.0287. The van der Waals surface area contributed by atoms with Crippen LogP contribution in [0.5, 0.6) is 0 Å². The minimum absolute atomic E-state index is 0.0283. The van der Waals surface area contributed by atoms with Crippen LogP contribution >= 0.6 is 23.2 Å². The summed E-state index contributed by atoms with van der Waals surface area (Å²) in [5.41, 5.74) is 1.82. The summed E-state index contributed by atoms with van der Waals surface area (Å²) >= 11 is 12.1. The van der Waals surface area contributed by atoms with E-state index < -0.39 is 10.0 Å². The minimum Gasteiger partial charge on any atom is -0.374 e. The van der Waals surface area contributed by atoms with Gasteiger partial charge in [0.25, 0.3) is 0 Å². The largest absolute Gasteiger partial charge is 0.374 e. The molecule has 168 valence electrons. The number of carbonyl (C=O) groups is 1. The molecule has 1 aliphatic rings. The number of ether oxygens (including phenoxy) is 1. The normalized spacial score (nSPS) is 17.3. The average Bonchev–Trinajstić information content (AvgIpc) is 2.73. The van der Waals surface area contributed by atoms with Gasteiger partial charge in [-0.1, -0.05) is 41.4 Å². The van der Waals surface area contributed by atoms with Gasteiger partial charge in [-0.3, -0.25) is 4.90 Å². The number of amides is 2. The Labute approximate surface area is 191 Å². The van der Waals surface area contributed by atoms with Crippen LogP contribution in [0.15, 0.2) is 47.4 Å². The molecule has 2 aromatic carbocycles. The van der Waals surface area contributed by atoms with Crippen molar-refractivity contribution in [2.45, 2.75) is 24.1 Å². The Hall–Kier alpha value is -1.88. The number of primary sulfonamides is 1. The first-order chi connectivity index (χ1) is 14.7. The number of hydrogen-bond acceptors (Lipinski definition) is 5. The molecule has 0 bridgehead atoms. The first-order valence-electron chi connectivity index (χ1n) is 9.62. The van der Waals surface area contributed by atoms with Crippen LogP contribution in [0.25, 0.3) is 0 Å². The van der Waals surface area contributed by atoms with Crippen molar-refractivity contribution in [2.75, 3.05) is 26.2 Å². The van der Waals surface area contributed by atoms with Crippen LogP contribution in [0.4, 0.5) is 4.79 Å². The first kappa shape index (κ1) is 23.8. The number of nitrogens with two attached hydrogens (primary N) is 1. The molecule has 1 saturated heterocycles. The zero-order chi connectivity index (χ0) is 22.4. The van der Waals surface area contributed by atoms with E-state index in [0.29, 0.717) is 29.7 Å². The van der Waals surface area contributed by atoms with Gasteiger partial charge in [0.15, 0.2) is 0 Å². The number of nitrogens with zero attached hydrogens (tertiary/aromatic N) is 1. The number of nitrogens with one attached hydrogen (secondary N) is 2. The van der Waals surface area contributed by atoms with Crippen LogP contribution in [0, 0.1) is 0 Å². The number of benzene rings is 2. The molecule has 2 amide bonds. The molecule has 4 N–H and O–H groups in total. The minimum atomic E-state index is -3.73. The van der Waals surface area contributed by atoms with Crippen LogP contribution in [-0.2, 0) is 27.8 Å². The highest BCUT2D eigenvalue weighted by atomic mass is 35.5. The molecule has 0 saturated carbocycles. The van der Waals surface area contributed by atoms with E-state index in [2.05, 4.69) is 15.5 Å². The van der Waals surface area contributed by atoms with E-state index in [-0.39, 0.29) is 23.6 Å². The van der Waals surface area contributed by atoms with E-state index >= 15 is 0 Å². The third kappa shape index (κ3) is 7.34. The molecule has 0 spiro atoms. The van der Waals surface area contributed by atoms with Crippen molar-refractivity contribution >= 4 is 39.3 Å². The fraction of sp³-hybridized carbons (Fsp3) is 0.350. The van der Waals surface area contributed by atoms with Gasteiger partial charge in [0.2, 0.25) is 10.0 Å². The molecule has 8 nitrogen and oxygen atoms in total. The van der Waals surface area contributed by atoms with Crippen LogP contribution < -0.4 is 15.8 Å². The Morgan fingerprint density at radius 3 is 2.48 bits per heavy atom. The molecule has 1 fully saturated rings. The number of halogens is 2. The topological polar surface area (TPSA) is 114 Å². The van der Waals surface area contributed by atoms with Gasteiger partial charge in [0.05, 0.1) is 27.7 Å². The second-order valence-electron chi connectivity index (χ2n) is 7.23. The number of rotatable bonds is 7. The maximum absolute atomic E-state index is 12.1. The quantitative estimate of drug-likeness (QED) is 0.555. The third-order valence-corrected chi connectivity index (χ3v) is 6.48. The third-order valence-electron chi connectivity index (χ3n) is 4.81. The van der Waals surface area contributed by atoms with Gasteiger partial charge in [-0.15, -0.1) is 0 Å². The number of sulfonamides is 1. The zero-order valence-corrected chi connectivity index (χ0v) is 19.0. The predicted molar refractivity (Wildman–Crippen MR) is 120 cm³/mol. The number of carbonyl (C=O) groups excluding carboxylic acids is 1. The lowest BCUT2D eigenvalue weighted by atomic mass is 10.2. The lowest BCUT2D eigenvalue weighted by Crippen LogP contribution is -2.48. The highest BCUT2D eigenvalue weighted by molar-refractivity contribution is 7.89. The summed E-state index contributed by atoms with van der Waals surface area (Å²) in [4.78, 5) is 14.4. The Bertz CT molecular complexity index is 1020.